The quantitative estimate of drug-likeness (QED) is 0.688. The van der Waals surface area contributed by atoms with E-state index >= 15 is 0 Å². The van der Waals surface area contributed by atoms with Crippen LogP contribution in [0.5, 0.6) is 0 Å². The zero-order chi connectivity index (χ0) is 12.5. The predicted molar refractivity (Wildman–Crippen MR) is 71.6 cm³/mol. The number of carbonyl (C=O) groups excluding carboxylic acids is 1. The Balaban J connectivity index is 2.41. The van der Waals surface area contributed by atoms with Gasteiger partial charge in [-0.25, -0.2) is 0 Å². The van der Waals surface area contributed by atoms with Crippen LogP contribution in [0.2, 0.25) is 0 Å². The minimum atomic E-state index is -0.162. The second kappa shape index (κ2) is 7.88. The maximum atomic E-state index is 11.4. The molecule has 0 heterocycles. The van der Waals surface area contributed by atoms with E-state index in [-0.39, 0.29) is 11.8 Å². The Bertz CT molecular complexity index is 321. The number of amides is 1. The van der Waals surface area contributed by atoms with Gasteiger partial charge in [-0.05, 0) is 18.4 Å². The molecule has 0 bridgehead atoms. The summed E-state index contributed by atoms with van der Waals surface area (Å²) >= 11 is 0. The Morgan fingerprint density at radius 2 is 1.88 bits per heavy atom. The number of unbranched alkanes of at least 4 members (excludes halogenated alkanes) is 3. The largest absolute Gasteiger partial charge is 0.369 e. The van der Waals surface area contributed by atoms with Gasteiger partial charge in [-0.2, -0.15) is 0 Å². The van der Waals surface area contributed by atoms with Crippen molar-refractivity contribution in [3.05, 3.63) is 35.9 Å². The highest BCUT2D eigenvalue weighted by atomic mass is 16.1. The van der Waals surface area contributed by atoms with Gasteiger partial charge in [0, 0.05) is 5.92 Å². The molecule has 0 aromatic heterocycles. The average Bonchev–Trinajstić information content (AvgIpc) is 2.34. The van der Waals surface area contributed by atoms with Gasteiger partial charge in [0.25, 0.3) is 0 Å². The van der Waals surface area contributed by atoms with Crippen molar-refractivity contribution < 1.29 is 4.79 Å². The number of benzene rings is 1. The van der Waals surface area contributed by atoms with Crippen LogP contribution in [-0.2, 0) is 11.2 Å². The van der Waals surface area contributed by atoms with Gasteiger partial charge in [-0.15, -0.1) is 0 Å². The number of rotatable bonds is 8. The molecule has 0 radical (unpaired) electrons. The molecule has 1 amide bonds. The van der Waals surface area contributed by atoms with Crippen molar-refractivity contribution in [1.82, 2.24) is 0 Å². The summed E-state index contributed by atoms with van der Waals surface area (Å²) in [6.07, 6.45) is 6.48. The molecule has 0 aliphatic heterocycles. The summed E-state index contributed by atoms with van der Waals surface area (Å²) in [5.41, 5.74) is 6.66. The number of hydrogen-bond donors (Lipinski definition) is 1. The van der Waals surface area contributed by atoms with Crippen molar-refractivity contribution in [3.8, 4) is 0 Å². The first-order valence-electron chi connectivity index (χ1n) is 6.57. The summed E-state index contributed by atoms with van der Waals surface area (Å²) in [7, 11) is 0. The molecule has 17 heavy (non-hydrogen) atoms. The second-order valence-corrected chi connectivity index (χ2v) is 4.64. The van der Waals surface area contributed by atoms with Crippen LogP contribution in [0.15, 0.2) is 30.3 Å². The van der Waals surface area contributed by atoms with Crippen LogP contribution < -0.4 is 5.73 Å². The normalized spacial score (nSPS) is 12.3. The summed E-state index contributed by atoms with van der Waals surface area (Å²) in [5, 5.41) is 0. The summed E-state index contributed by atoms with van der Waals surface area (Å²) in [4.78, 5) is 11.4. The van der Waals surface area contributed by atoms with Crippen molar-refractivity contribution in [2.75, 3.05) is 0 Å². The van der Waals surface area contributed by atoms with Crippen LogP contribution in [-0.4, -0.2) is 5.91 Å². The van der Waals surface area contributed by atoms with Crippen molar-refractivity contribution >= 4 is 5.91 Å². The van der Waals surface area contributed by atoms with Crippen molar-refractivity contribution in [3.63, 3.8) is 0 Å². The van der Waals surface area contributed by atoms with Gasteiger partial charge in [-0.3, -0.25) is 4.79 Å². The Morgan fingerprint density at radius 1 is 1.18 bits per heavy atom. The Morgan fingerprint density at radius 3 is 2.47 bits per heavy atom. The molecule has 94 valence electrons. The first kappa shape index (κ1) is 13.8. The van der Waals surface area contributed by atoms with Gasteiger partial charge in [0.1, 0.15) is 0 Å². The minimum absolute atomic E-state index is 0.00532. The molecule has 0 aliphatic rings. The van der Waals surface area contributed by atoms with E-state index in [1.165, 1.54) is 24.8 Å². The Labute approximate surface area is 104 Å². The fraction of sp³-hybridized carbons (Fsp3) is 0.533. The molecular weight excluding hydrogens is 210 g/mol. The zero-order valence-electron chi connectivity index (χ0n) is 10.7. The van der Waals surface area contributed by atoms with E-state index in [1.807, 2.05) is 18.2 Å². The maximum absolute atomic E-state index is 11.4. The monoisotopic (exact) mass is 233 g/mol. The van der Waals surface area contributed by atoms with Crippen LogP contribution in [0.4, 0.5) is 0 Å². The molecule has 1 aromatic carbocycles. The van der Waals surface area contributed by atoms with E-state index in [0.29, 0.717) is 0 Å². The standard InChI is InChI=1S/C15H23NO/c1-2-3-4-8-11-14(15(16)17)12-13-9-6-5-7-10-13/h5-7,9-10,14H,2-4,8,11-12H2,1H3,(H2,16,17). The molecule has 0 saturated carbocycles. The summed E-state index contributed by atoms with van der Waals surface area (Å²) in [6.45, 7) is 2.19. The fourth-order valence-electron chi connectivity index (χ4n) is 2.06. The lowest BCUT2D eigenvalue weighted by atomic mass is 9.93. The minimum Gasteiger partial charge on any atom is -0.369 e. The first-order valence-corrected chi connectivity index (χ1v) is 6.57. The molecule has 1 rings (SSSR count). The van der Waals surface area contributed by atoms with Crippen LogP contribution in [0.3, 0.4) is 0 Å². The average molecular weight is 233 g/mol. The van der Waals surface area contributed by atoms with Crippen molar-refractivity contribution in [2.24, 2.45) is 11.7 Å². The lowest BCUT2D eigenvalue weighted by Crippen LogP contribution is -2.25. The topological polar surface area (TPSA) is 43.1 Å². The second-order valence-electron chi connectivity index (χ2n) is 4.64. The van der Waals surface area contributed by atoms with E-state index < -0.39 is 0 Å². The SMILES string of the molecule is CCCCCCC(Cc1ccccc1)C(N)=O. The fourth-order valence-corrected chi connectivity index (χ4v) is 2.06. The molecule has 0 spiro atoms. The highest BCUT2D eigenvalue weighted by Gasteiger charge is 2.15. The lowest BCUT2D eigenvalue weighted by Gasteiger charge is -2.13. The molecule has 1 aromatic rings. The van der Waals surface area contributed by atoms with Crippen LogP contribution in [0.1, 0.15) is 44.6 Å². The summed E-state index contributed by atoms with van der Waals surface area (Å²) in [6, 6.07) is 10.1. The lowest BCUT2D eigenvalue weighted by molar-refractivity contribution is -0.122. The third-order valence-corrected chi connectivity index (χ3v) is 3.13. The molecule has 1 atom stereocenters. The number of primary amides is 1. The van der Waals surface area contributed by atoms with Gasteiger partial charge in [0.15, 0.2) is 0 Å². The first-order chi connectivity index (χ1) is 8.24. The Kier molecular flexibility index (Phi) is 6.38. The highest BCUT2D eigenvalue weighted by molar-refractivity contribution is 5.76. The van der Waals surface area contributed by atoms with Crippen molar-refractivity contribution in [1.29, 1.82) is 0 Å². The van der Waals surface area contributed by atoms with Gasteiger partial charge in [0.05, 0.1) is 0 Å². The van der Waals surface area contributed by atoms with Crippen LogP contribution >= 0.6 is 0 Å². The van der Waals surface area contributed by atoms with E-state index in [4.69, 9.17) is 5.73 Å². The molecular formula is C15H23NO. The van der Waals surface area contributed by atoms with Crippen LogP contribution in [0, 0.1) is 5.92 Å². The van der Waals surface area contributed by atoms with E-state index in [0.717, 1.165) is 19.3 Å². The summed E-state index contributed by atoms with van der Waals surface area (Å²) in [5.74, 6) is -0.167. The predicted octanol–water partition coefficient (Wildman–Crippen LogP) is 3.30. The maximum Gasteiger partial charge on any atom is 0.220 e. The number of nitrogens with two attached hydrogens (primary N) is 1. The molecule has 0 aliphatic carbocycles. The third-order valence-electron chi connectivity index (χ3n) is 3.13. The zero-order valence-corrected chi connectivity index (χ0v) is 10.7. The molecule has 0 saturated heterocycles. The Hall–Kier alpha value is -1.31. The molecule has 2 N–H and O–H groups in total. The molecule has 2 heteroatoms. The molecule has 1 unspecified atom stereocenters. The smallest absolute Gasteiger partial charge is 0.220 e. The van der Waals surface area contributed by atoms with E-state index in [1.54, 1.807) is 0 Å². The number of carbonyl (C=O) groups is 1. The highest BCUT2D eigenvalue weighted by Crippen LogP contribution is 2.16. The molecule has 2 nitrogen and oxygen atoms in total. The van der Waals surface area contributed by atoms with E-state index in [2.05, 4.69) is 19.1 Å². The van der Waals surface area contributed by atoms with Gasteiger partial charge in [0.2, 0.25) is 5.91 Å². The van der Waals surface area contributed by atoms with E-state index in [9.17, 15) is 4.79 Å². The van der Waals surface area contributed by atoms with Gasteiger partial charge < -0.3 is 5.73 Å². The van der Waals surface area contributed by atoms with Crippen molar-refractivity contribution in [2.45, 2.75) is 45.4 Å². The number of hydrogen-bond acceptors (Lipinski definition) is 1. The van der Waals surface area contributed by atoms with Gasteiger partial charge >= 0.3 is 0 Å². The summed E-state index contributed by atoms with van der Waals surface area (Å²) < 4.78 is 0. The van der Waals surface area contributed by atoms with Crippen LogP contribution in [0.25, 0.3) is 0 Å². The molecule has 0 fully saturated rings. The van der Waals surface area contributed by atoms with Gasteiger partial charge in [-0.1, -0.05) is 62.9 Å². The third kappa shape index (κ3) is 5.53.